The molecule has 0 saturated heterocycles. The van der Waals surface area contributed by atoms with Crippen molar-refractivity contribution in [1.82, 2.24) is 0 Å². The zero-order chi connectivity index (χ0) is 11.5. The van der Waals surface area contributed by atoms with Gasteiger partial charge < -0.3 is 15.8 Å². The van der Waals surface area contributed by atoms with Gasteiger partial charge in [0.25, 0.3) is 0 Å². The van der Waals surface area contributed by atoms with Crippen LogP contribution in [0.2, 0.25) is 0 Å². The summed E-state index contributed by atoms with van der Waals surface area (Å²) >= 11 is 8.53. The average molecular weight is 253 g/mol. The van der Waals surface area contributed by atoms with Crippen LogP contribution in [0, 0.1) is 0 Å². The second-order valence-corrected chi connectivity index (χ2v) is 3.07. The molecule has 0 bridgehead atoms. The van der Waals surface area contributed by atoms with E-state index >= 15 is 0 Å². The topological polar surface area (TPSA) is 56.5 Å². The highest BCUT2D eigenvalue weighted by molar-refractivity contribution is 6.24. The molecule has 1 rings (SSSR count). The Kier molecular flexibility index (Phi) is 9.41. The van der Waals surface area contributed by atoms with Crippen molar-refractivity contribution in [2.45, 2.75) is 0 Å². The third-order valence-corrected chi connectivity index (χ3v) is 1.55. The molecule has 0 amide bonds. The van der Waals surface area contributed by atoms with Gasteiger partial charge in [0.05, 0.1) is 30.3 Å². The van der Waals surface area contributed by atoms with Crippen LogP contribution in [0.15, 0.2) is 24.3 Å². The highest BCUT2D eigenvalue weighted by atomic mass is 35.6. The van der Waals surface area contributed by atoms with E-state index < -0.39 is 0 Å². The van der Waals surface area contributed by atoms with Gasteiger partial charge in [-0.2, -0.15) is 3.84 Å². The molecule has 0 fully saturated rings. The van der Waals surface area contributed by atoms with Gasteiger partial charge in [-0.15, -0.1) is 0 Å². The number of hydrogen-bond acceptors (Lipinski definition) is 4. The smallest absolute Gasteiger partial charge is 0.0832 e. The summed E-state index contributed by atoms with van der Waals surface area (Å²) < 4.78 is 8.09. The van der Waals surface area contributed by atoms with Crippen LogP contribution in [0.3, 0.4) is 0 Å². The molecule has 3 N–H and O–H groups in total. The van der Waals surface area contributed by atoms with Gasteiger partial charge in [0, 0.05) is 25.0 Å². The number of rotatable bonds is 4. The lowest BCUT2D eigenvalue weighted by Gasteiger charge is -2.04. The Morgan fingerprint density at radius 1 is 1.27 bits per heavy atom. The zero-order valence-electron chi connectivity index (χ0n) is 8.37. The van der Waals surface area contributed by atoms with E-state index in [0.717, 1.165) is 17.9 Å². The quantitative estimate of drug-likeness (QED) is 0.639. The summed E-state index contributed by atoms with van der Waals surface area (Å²) in [5, 5.41) is 3.19. The molecule has 0 aliphatic heterocycles. The molecule has 0 spiro atoms. The van der Waals surface area contributed by atoms with Gasteiger partial charge in [-0.25, -0.2) is 0 Å². The summed E-state index contributed by atoms with van der Waals surface area (Å²) in [7, 11) is 1.69. The standard InChI is InChI=1S/C9H14N2O.Cl2O/c1-12-7-6-11-9-4-2-8(10)3-5-9;1-3-2/h2-5,11H,6-7,10H2,1H3;. The van der Waals surface area contributed by atoms with Crippen molar-refractivity contribution >= 4 is 35.1 Å². The third-order valence-electron chi connectivity index (χ3n) is 1.55. The number of halogens is 2. The van der Waals surface area contributed by atoms with Gasteiger partial charge in [0.15, 0.2) is 0 Å². The van der Waals surface area contributed by atoms with Crippen molar-refractivity contribution in [1.29, 1.82) is 0 Å². The second-order valence-electron chi connectivity index (χ2n) is 2.60. The van der Waals surface area contributed by atoms with Crippen LogP contribution in [0.25, 0.3) is 0 Å². The fourth-order valence-corrected chi connectivity index (χ4v) is 0.898. The fourth-order valence-electron chi connectivity index (χ4n) is 0.898. The summed E-state index contributed by atoms with van der Waals surface area (Å²) in [6, 6.07) is 7.64. The van der Waals surface area contributed by atoms with Crippen LogP contribution in [0.4, 0.5) is 11.4 Å². The maximum atomic E-state index is 5.53. The average Bonchev–Trinajstić information content (AvgIpc) is 2.23. The first kappa shape index (κ1) is 14.3. The van der Waals surface area contributed by atoms with Crippen molar-refractivity contribution in [3.63, 3.8) is 0 Å². The lowest BCUT2D eigenvalue weighted by Crippen LogP contribution is -2.07. The molecule has 1 aromatic rings. The molecule has 0 heterocycles. The van der Waals surface area contributed by atoms with Crippen LogP contribution in [-0.2, 0) is 8.58 Å². The SMILES string of the molecule is COCCNc1ccc(N)cc1.ClOCl. The highest BCUT2D eigenvalue weighted by Crippen LogP contribution is 2.09. The van der Waals surface area contributed by atoms with Crippen molar-refractivity contribution in [3.05, 3.63) is 24.3 Å². The van der Waals surface area contributed by atoms with Crippen molar-refractivity contribution in [2.75, 3.05) is 31.3 Å². The number of nitrogens with two attached hydrogens (primary N) is 1. The first-order chi connectivity index (χ1) is 7.24. The molecule has 0 atom stereocenters. The highest BCUT2D eigenvalue weighted by Gasteiger charge is 1.89. The monoisotopic (exact) mass is 252 g/mol. The minimum Gasteiger partial charge on any atom is -0.399 e. The van der Waals surface area contributed by atoms with Crippen LogP contribution in [0.5, 0.6) is 0 Å². The number of nitrogens with one attached hydrogen (secondary N) is 1. The van der Waals surface area contributed by atoms with Crippen LogP contribution < -0.4 is 11.1 Å². The first-order valence-electron chi connectivity index (χ1n) is 4.22. The predicted molar refractivity (Wildman–Crippen MR) is 64.0 cm³/mol. The van der Waals surface area contributed by atoms with Gasteiger partial charge in [0.2, 0.25) is 0 Å². The Hall–Kier alpha value is -0.680. The van der Waals surface area contributed by atoms with E-state index in [1.165, 1.54) is 0 Å². The van der Waals surface area contributed by atoms with Crippen LogP contribution in [0.1, 0.15) is 0 Å². The zero-order valence-corrected chi connectivity index (χ0v) is 9.89. The molecule has 15 heavy (non-hydrogen) atoms. The van der Waals surface area contributed by atoms with E-state index in [9.17, 15) is 0 Å². The molecule has 0 aliphatic carbocycles. The maximum absolute atomic E-state index is 5.53. The minimum absolute atomic E-state index is 0.713. The summed E-state index contributed by atoms with van der Waals surface area (Å²) in [5.74, 6) is 0. The van der Waals surface area contributed by atoms with Gasteiger partial charge in [-0.05, 0) is 24.3 Å². The van der Waals surface area contributed by atoms with Gasteiger partial charge in [-0.3, -0.25) is 0 Å². The van der Waals surface area contributed by atoms with E-state index in [1.807, 2.05) is 24.3 Å². The molecule has 4 nitrogen and oxygen atoms in total. The van der Waals surface area contributed by atoms with Crippen molar-refractivity contribution in [2.24, 2.45) is 0 Å². The lowest BCUT2D eigenvalue weighted by molar-refractivity contribution is 0.211. The summed E-state index contributed by atoms with van der Waals surface area (Å²) in [6.45, 7) is 1.53. The van der Waals surface area contributed by atoms with Gasteiger partial charge in [-0.1, -0.05) is 0 Å². The number of benzene rings is 1. The summed E-state index contributed by atoms with van der Waals surface area (Å²) in [6.07, 6.45) is 0. The van der Waals surface area contributed by atoms with Crippen LogP contribution >= 0.6 is 23.7 Å². The Morgan fingerprint density at radius 2 is 1.80 bits per heavy atom. The lowest BCUT2D eigenvalue weighted by atomic mass is 10.3. The number of hydrogen-bond donors (Lipinski definition) is 2. The molecular weight excluding hydrogens is 239 g/mol. The van der Waals surface area contributed by atoms with Crippen molar-refractivity contribution in [3.8, 4) is 0 Å². The van der Waals surface area contributed by atoms with Gasteiger partial charge in [0.1, 0.15) is 0 Å². The van der Waals surface area contributed by atoms with E-state index in [0.29, 0.717) is 6.61 Å². The number of ether oxygens (including phenoxy) is 1. The predicted octanol–water partition coefficient (Wildman–Crippen LogP) is 2.64. The van der Waals surface area contributed by atoms with Crippen LogP contribution in [-0.4, -0.2) is 20.3 Å². The van der Waals surface area contributed by atoms with E-state index in [2.05, 4.69) is 32.9 Å². The molecule has 0 saturated carbocycles. The molecule has 0 unspecified atom stereocenters. The Bertz CT molecular complexity index is 244. The van der Waals surface area contributed by atoms with E-state index in [4.69, 9.17) is 10.5 Å². The Balaban J connectivity index is 0.000000583. The molecule has 0 aliphatic rings. The molecule has 86 valence electrons. The molecule has 6 heteroatoms. The number of anilines is 2. The molecule has 0 aromatic heterocycles. The molecular formula is C9H14Cl2N2O2. The number of nitrogen functional groups attached to an aromatic ring is 1. The number of methoxy groups -OCH3 is 1. The first-order valence-corrected chi connectivity index (χ1v) is 4.84. The third kappa shape index (κ3) is 8.32. The van der Waals surface area contributed by atoms with E-state index in [1.54, 1.807) is 7.11 Å². The van der Waals surface area contributed by atoms with Crippen molar-refractivity contribution < 1.29 is 8.58 Å². The van der Waals surface area contributed by atoms with Gasteiger partial charge >= 0.3 is 0 Å². The summed E-state index contributed by atoms with van der Waals surface area (Å²) in [4.78, 5) is 0. The fraction of sp³-hybridized carbons (Fsp3) is 0.333. The van der Waals surface area contributed by atoms with E-state index in [-0.39, 0.29) is 0 Å². The molecule has 1 aromatic carbocycles. The minimum atomic E-state index is 0.713. The Labute approximate surface area is 99.6 Å². The maximum Gasteiger partial charge on any atom is 0.0832 e. The largest absolute Gasteiger partial charge is 0.399 e. The normalized spacial score (nSPS) is 9.00. The molecule has 0 radical (unpaired) electrons. The Morgan fingerprint density at radius 3 is 2.27 bits per heavy atom. The summed E-state index contributed by atoms with van der Waals surface area (Å²) in [5.41, 5.74) is 7.38. The second kappa shape index (κ2) is 9.86.